The largest absolute Gasteiger partial charge is 0.475 e. The van der Waals surface area contributed by atoms with E-state index in [2.05, 4.69) is 15.9 Å². The Balaban J connectivity index is 3.04. The molecule has 7 nitrogen and oxygen atoms in total. The SMILES string of the molecule is CCOCCN(CC)S(=O)(=O)c1cc(C(=O)O)oc1Br. The fraction of sp³-hybridized carbons (Fsp3) is 0.545. The number of furan rings is 1. The lowest BCUT2D eigenvalue weighted by molar-refractivity contribution is 0.0661. The molecule has 0 aliphatic carbocycles. The first kappa shape index (κ1) is 17.2. The normalized spacial score (nSPS) is 12.0. The highest BCUT2D eigenvalue weighted by atomic mass is 79.9. The number of hydrogen-bond donors (Lipinski definition) is 1. The van der Waals surface area contributed by atoms with Crippen molar-refractivity contribution in [2.75, 3.05) is 26.3 Å². The smallest absolute Gasteiger partial charge is 0.371 e. The van der Waals surface area contributed by atoms with Crippen molar-refractivity contribution in [3.8, 4) is 0 Å². The maximum atomic E-state index is 12.4. The molecule has 1 heterocycles. The van der Waals surface area contributed by atoms with Gasteiger partial charge < -0.3 is 14.3 Å². The van der Waals surface area contributed by atoms with Crippen LogP contribution in [0.15, 0.2) is 20.0 Å². The first-order valence-corrected chi connectivity index (χ1v) is 8.18. The van der Waals surface area contributed by atoms with E-state index in [-0.39, 0.29) is 29.3 Å². The van der Waals surface area contributed by atoms with E-state index in [0.717, 1.165) is 6.07 Å². The lowest BCUT2D eigenvalue weighted by atomic mass is 10.5. The van der Waals surface area contributed by atoms with Crippen LogP contribution in [0.25, 0.3) is 0 Å². The summed E-state index contributed by atoms with van der Waals surface area (Å²) in [4.78, 5) is 10.6. The highest BCUT2D eigenvalue weighted by Crippen LogP contribution is 2.28. The topological polar surface area (TPSA) is 97.0 Å². The average Bonchev–Trinajstić information content (AvgIpc) is 2.77. The number of halogens is 1. The van der Waals surface area contributed by atoms with E-state index in [9.17, 15) is 13.2 Å². The van der Waals surface area contributed by atoms with Gasteiger partial charge in [0.25, 0.3) is 0 Å². The van der Waals surface area contributed by atoms with Crippen LogP contribution in [0.1, 0.15) is 24.4 Å². The van der Waals surface area contributed by atoms with Crippen LogP contribution in [0.5, 0.6) is 0 Å². The van der Waals surface area contributed by atoms with Crippen LogP contribution in [0.4, 0.5) is 0 Å². The van der Waals surface area contributed by atoms with Crippen LogP contribution in [0.3, 0.4) is 0 Å². The van der Waals surface area contributed by atoms with E-state index in [1.54, 1.807) is 6.92 Å². The number of rotatable bonds is 8. The van der Waals surface area contributed by atoms with Crippen molar-refractivity contribution in [3.63, 3.8) is 0 Å². The van der Waals surface area contributed by atoms with Gasteiger partial charge in [0.15, 0.2) is 4.67 Å². The maximum Gasteiger partial charge on any atom is 0.371 e. The van der Waals surface area contributed by atoms with Gasteiger partial charge in [-0.1, -0.05) is 6.92 Å². The Labute approximate surface area is 125 Å². The van der Waals surface area contributed by atoms with Gasteiger partial charge in [-0.05, 0) is 22.9 Å². The number of carboxylic acids is 1. The molecule has 0 amide bonds. The number of aromatic carboxylic acids is 1. The molecule has 1 rings (SSSR count). The highest BCUT2D eigenvalue weighted by Gasteiger charge is 2.29. The molecular weight excluding hydrogens is 354 g/mol. The molecule has 0 saturated carbocycles. The molecule has 0 saturated heterocycles. The number of sulfonamides is 1. The maximum absolute atomic E-state index is 12.4. The first-order valence-electron chi connectivity index (χ1n) is 5.95. The van der Waals surface area contributed by atoms with Crippen LogP contribution >= 0.6 is 15.9 Å². The average molecular weight is 370 g/mol. The molecule has 114 valence electrons. The lowest BCUT2D eigenvalue weighted by Gasteiger charge is -2.19. The Kier molecular flexibility index (Phi) is 6.18. The molecule has 0 spiro atoms. The van der Waals surface area contributed by atoms with Gasteiger partial charge in [-0.15, -0.1) is 0 Å². The molecule has 0 aliphatic rings. The van der Waals surface area contributed by atoms with Gasteiger partial charge in [-0.25, -0.2) is 13.2 Å². The Morgan fingerprint density at radius 3 is 2.60 bits per heavy atom. The van der Waals surface area contributed by atoms with Crippen LogP contribution in [-0.4, -0.2) is 50.1 Å². The minimum absolute atomic E-state index is 0.121. The third-order valence-corrected chi connectivity index (χ3v) is 5.36. The van der Waals surface area contributed by atoms with Gasteiger partial charge in [0, 0.05) is 25.8 Å². The number of carboxylic acid groups (broad SMARTS) is 1. The minimum atomic E-state index is -3.83. The molecule has 1 N–H and O–H groups in total. The van der Waals surface area contributed by atoms with E-state index in [0.29, 0.717) is 6.61 Å². The third kappa shape index (κ3) is 3.81. The zero-order valence-electron chi connectivity index (χ0n) is 11.1. The summed E-state index contributed by atoms with van der Waals surface area (Å²) >= 11 is 2.93. The standard InChI is InChI=1S/C11H16BrNO6S/c1-3-13(5-6-18-4-2)20(16,17)9-7-8(11(14)15)19-10(9)12/h7H,3-6H2,1-2H3,(H,14,15). The van der Waals surface area contributed by atoms with Crippen molar-refractivity contribution >= 4 is 31.9 Å². The van der Waals surface area contributed by atoms with Gasteiger partial charge in [0.05, 0.1) is 6.61 Å². The van der Waals surface area contributed by atoms with Crippen LogP contribution in [-0.2, 0) is 14.8 Å². The molecule has 0 radical (unpaired) electrons. The zero-order chi connectivity index (χ0) is 15.3. The van der Waals surface area contributed by atoms with Crippen LogP contribution in [0.2, 0.25) is 0 Å². The summed E-state index contributed by atoms with van der Waals surface area (Å²) < 4.78 is 35.9. The van der Waals surface area contributed by atoms with Crippen molar-refractivity contribution < 1.29 is 27.5 Å². The Morgan fingerprint density at radius 2 is 2.15 bits per heavy atom. The quantitative estimate of drug-likeness (QED) is 0.701. The molecule has 0 bridgehead atoms. The summed E-state index contributed by atoms with van der Waals surface area (Å²) in [5, 5.41) is 8.81. The monoisotopic (exact) mass is 369 g/mol. The Hall–Kier alpha value is -0.900. The number of nitrogens with zero attached hydrogens (tertiary/aromatic N) is 1. The van der Waals surface area contributed by atoms with Crippen molar-refractivity contribution in [3.05, 3.63) is 16.5 Å². The first-order chi connectivity index (χ1) is 9.34. The predicted octanol–water partition coefficient (Wildman–Crippen LogP) is 1.79. The zero-order valence-corrected chi connectivity index (χ0v) is 13.5. The number of likely N-dealkylation sites (N-methyl/N-ethyl adjacent to an activating group) is 1. The van der Waals surface area contributed by atoms with E-state index in [1.807, 2.05) is 6.92 Å². The molecule has 0 unspecified atom stereocenters. The Bertz CT molecular complexity index is 567. The third-order valence-electron chi connectivity index (χ3n) is 2.53. The Morgan fingerprint density at radius 1 is 1.50 bits per heavy atom. The summed E-state index contributed by atoms with van der Waals surface area (Å²) in [6, 6.07) is 0.991. The lowest BCUT2D eigenvalue weighted by Crippen LogP contribution is -2.33. The summed E-state index contributed by atoms with van der Waals surface area (Å²) in [6.07, 6.45) is 0. The van der Waals surface area contributed by atoms with E-state index in [1.165, 1.54) is 4.31 Å². The summed E-state index contributed by atoms with van der Waals surface area (Å²) in [5.74, 6) is -1.76. The van der Waals surface area contributed by atoms with Crippen LogP contribution < -0.4 is 0 Å². The predicted molar refractivity (Wildman–Crippen MR) is 74.3 cm³/mol. The second-order valence-electron chi connectivity index (χ2n) is 3.75. The van der Waals surface area contributed by atoms with E-state index < -0.39 is 21.8 Å². The van der Waals surface area contributed by atoms with Crippen molar-refractivity contribution in [1.29, 1.82) is 0 Å². The summed E-state index contributed by atoms with van der Waals surface area (Å²) in [7, 11) is -3.83. The van der Waals surface area contributed by atoms with Crippen molar-refractivity contribution in [1.82, 2.24) is 4.31 Å². The van der Waals surface area contributed by atoms with E-state index in [4.69, 9.17) is 14.3 Å². The van der Waals surface area contributed by atoms with Gasteiger partial charge in [0.2, 0.25) is 15.8 Å². The molecule has 0 fully saturated rings. The summed E-state index contributed by atoms with van der Waals surface area (Å²) in [6.45, 7) is 4.70. The van der Waals surface area contributed by atoms with Crippen molar-refractivity contribution in [2.45, 2.75) is 18.7 Å². The second kappa shape index (κ2) is 7.21. The van der Waals surface area contributed by atoms with Gasteiger partial charge in [0.1, 0.15) is 4.90 Å². The highest BCUT2D eigenvalue weighted by molar-refractivity contribution is 9.10. The van der Waals surface area contributed by atoms with Gasteiger partial charge >= 0.3 is 5.97 Å². The molecule has 1 aromatic heterocycles. The van der Waals surface area contributed by atoms with Gasteiger partial charge in [-0.2, -0.15) is 4.31 Å². The number of hydrogen-bond acceptors (Lipinski definition) is 5. The van der Waals surface area contributed by atoms with Gasteiger partial charge in [-0.3, -0.25) is 0 Å². The molecular formula is C11H16BrNO6S. The fourth-order valence-corrected chi connectivity index (χ4v) is 3.87. The van der Waals surface area contributed by atoms with Crippen molar-refractivity contribution in [2.24, 2.45) is 0 Å². The number of carbonyl (C=O) groups is 1. The molecule has 0 aliphatic heterocycles. The molecule has 1 aromatic rings. The molecule has 0 aromatic carbocycles. The summed E-state index contributed by atoms with van der Waals surface area (Å²) in [5.41, 5.74) is 0. The minimum Gasteiger partial charge on any atom is -0.475 e. The van der Waals surface area contributed by atoms with Crippen LogP contribution in [0, 0.1) is 0 Å². The molecule has 20 heavy (non-hydrogen) atoms. The second-order valence-corrected chi connectivity index (χ2v) is 6.37. The number of ether oxygens (including phenoxy) is 1. The van der Waals surface area contributed by atoms with E-state index >= 15 is 0 Å². The molecule has 0 atom stereocenters. The fourth-order valence-electron chi connectivity index (χ4n) is 1.53. The molecule has 9 heteroatoms.